The van der Waals surface area contributed by atoms with E-state index in [2.05, 4.69) is 126 Å². The predicted molar refractivity (Wildman–Crippen MR) is 283 cm³/mol. The number of carbonyl (C=O) groups excluding carboxylic acids is 3. The van der Waals surface area contributed by atoms with Crippen molar-refractivity contribution in [2.75, 3.05) is 45.9 Å². The summed E-state index contributed by atoms with van der Waals surface area (Å²) < 4.78 is 6.64. The summed E-state index contributed by atoms with van der Waals surface area (Å²) in [4.78, 5) is 61.3. The van der Waals surface area contributed by atoms with Gasteiger partial charge in [-0.3, -0.25) is 23.9 Å². The first kappa shape index (κ1) is 63.5. The van der Waals surface area contributed by atoms with Gasteiger partial charge in [0.25, 0.3) is 11.5 Å². The van der Waals surface area contributed by atoms with Crippen molar-refractivity contribution in [1.29, 1.82) is 0 Å². The van der Waals surface area contributed by atoms with E-state index in [0.29, 0.717) is 12.3 Å². The number of thioether (sulfide) groups is 1. The van der Waals surface area contributed by atoms with Crippen molar-refractivity contribution in [2.45, 2.75) is 75.3 Å². The summed E-state index contributed by atoms with van der Waals surface area (Å²) in [5.74, 6) is 1.55. The fraction of sp³-hybridized carbons (Fsp3) is 0.468. The Kier molecular flexibility index (Phi) is 34.0. The van der Waals surface area contributed by atoms with Gasteiger partial charge in [-0.05, 0) is 68.0 Å². The molecule has 0 N–H and O–H groups in total. The number of hydrogen-bond acceptors (Lipinski definition) is 7. The minimum atomic E-state index is -0.299. The Morgan fingerprint density at radius 1 is 0.635 bits per heavy atom. The maximum absolute atomic E-state index is 11.2. The van der Waals surface area contributed by atoms with Crippen molar-refractivity contribution in [3.8, 4) is 0 Å². The Labute approximate surface area is 406 Å². The van der Waals surface area contributed by atoms with Gasteiger partial charge in [-0.1, -0.05) is 92.4 Å². The average Bonchev–Trinajstić information content (AvgIpc) is 4.11. The number of rotatable bonds is 0. The van der Waals surface area contributed by atoms with Gasteiger partial charge in [0.2, 0.25) is 5.91 Å². The van der Waals surface area contributed by atoms with Crippen LogP contribution in [-0.2, 0) is 37.8 Å². The van der Waals surface area contributed by atoms with Gasteiger partial charge in [0, 0.05) is 96.3 Å². The van der Waals surface area contributed by atoms with E-state index >= 15 is 0 Å². The maximum atomic E-state index is 11.2. The Bertz CT molecular complexity index is 2120. The summed E-state index contributed by atoms with van der Waals surface area (Å²) in [5.41, 5.74) is 2.01. The molecule has 3 saturated heterocycles. The van der Waals surface area contributed by atoms with E-state index in [-0.39, 0.29) is 64.8 Å². The molecule has 7 heterocycles. The number of fused-ring (bicyclic) bond motifs is 3. The number of nitrogens with zero attached hydrogens (tertiary/aromatic N) is 8. The monoisotopic (exact) mass is 1110 g/mol. The van der Waals surface area contributed by atoms with Crippen LogP contribution in [0.1, 0.15) is 69.2 Å². The molecule has 0 bridgehead atoms. The van der Waals surface area contributed by atoms with Gasteiger partial charge >= 0.3 is 50.1 Å². The summed E-state index contributed by atoms with van der Waals surface area (Å²) >= 11 is 4.91. The van der Waals surface area contributed by atoms with Crippen LogP contribution < -0.4 is 11.2 Å². The Morgan fingerprint density at radius 2 is 1.11 bits per heavy atom. The van der Waals surface area contributed by atoms with Crippen molar-refractivity contribution in [2.24, 2.45) is 28.2 Å². The predicted octanol–water partition coefficient (Wildman–Crippen LogP) is 8.40. The van der Waals surface area contributed by atoms with Gasteiger partial charge in [0.15, 0.2) is 0 Å². The number of halogens is 1. The molecule has 4 amide bonds. The van der Waals surface area contributed by atoms with E-state index in [9.17, 15) is 24.0 Å². The first-order valence-corrected chi connectivity index (χ1v) is 37.5. The molecule has 0 radical (unpaired) electrons. The number of para-hydroxylation sites is 2. The van der Waals surface area contributed by atoms with E-state index in [4.69, 9.17) is 0 Å². The number of hydrogen-bond donors (Lipinski definition) is 0. The van der Waals surface area contributed by atoms with Crippen LogP contribution in [0.15, 0.2) is 107 Å². The summed E-state index contributed by atoms with van der Waals surface area (Å²) in [7, 11) is 12.6. The zero-order valence-corrected chi connectivity index (χ0v) is 45.1. The molecule has 16 heteroatoms. The van der Waals surface area contributed by atoms with Crippen molar-refractivity contribution < 1.29 is 14.4 Å². The van der Waals surface area contributed by atoms with Gasteiger partial charge < -0.3 is 28.4 Å². The second-order valence-electron chi connectivity index (χ2n) is 13.7. The first-order chi connectivity index (χ1) is 28.3. The molecule has 5 aromatic rings. The fourth-order valence-corrected chi connectivity index (χ4v) is 7.20. The van der Waals surface area contributed by atoms with E-state index in [0.717, 1.165) is 30.5 Å². The third-order valence-corrected chi connectivity index (χ3v) is 10.6. The van der Waals surface area contributed by atoms with Crippen LogP contribution in [0.5, 0.6) is 0 Å². The van der Waals surface area contributed by atoms with E-state index in [1.807, 2.05) is 19.9 Å². The molecule has 1 unspecified atom stereocenters. The average molecular weight is 1110 g/mol. The third-order valence-electron chi connectivity index (χ3n) is 9.57. The van der Waals surface area contributed by atoms with Crippen LogP contribution in [0.4, 0.5) is 4.79 Å². The fourth-order valence-electron chi connectivity index (χ4n) is 6.06. The molecule has 0 aliphatic carbocycles. The van der Waals surface area contributed by atoms with Gasteiger partial charge in [0.05, 0.1) is 5.88 Å². The van der Waals surface area contributed by atoms with Gasteiger partial charge in [-0.2, -0.15) is 0 Å². The van der Waals surface area contributed by atoms with Crippen LogP contribution in [-0.4, -0.2) is 128 Å². The van der Waals surface area contributed by atoms with Crippen molar-refractivity contribution in [3.63, 3.8) is 0 Å². The van der Waals surface area contributed by atoms with Crippen molar-refractivity contribution in [3.05, 3.63) is 118 Å². The topological polar surface area (TPSA) is 118 Å². The number of piperidine rings is 1. The number of likely N-dealkylation sites (N-methyl/N-ethyl adjacent to an activating group) is 1. The van der Waals surface area contributed by atoms with Crippen LogP contribution >= 0.6 is 29.9 Å². The van der Waals surface area contributed by atoms with Crippen LogP contribution in [0.25, 0.3) is 21.8 Å². The standard InChI is InChI=1S/2C9H9N.C6H8N2O2S.C6H8N2O2.C6H13N.C5H7NO.C2H6.4CH4.HI.In.2H/c2*1-10-7-6-8-4-2-3-5-9(8)10;1-7-5(9)4-2-11-3-8(4)6(7)10;1-7-4-3-5(9)8(2)6(7)10;1-7-5-3-2-4-6-7;1-6-4-2-3-5(6)7;1-2;;;;;;;;/h2*2-7H,1H3;4H,2-3H2,1H3;3-4H,1-2H3;2-6H2,1H3;2,4H,3H2,1H3;1-2H3;4*1H4;1H;;;/q;;;;;;;;;;;;+1;;/p-1. The molecule has 0 saturated carbocycles. The van der Waals surface area contributed by atoms with Crippen LogP contribution in [0.2, 0.25) is 0 Å². The number of urea groups is 1. The molecule has 352 valence electrons. The molecular weight excluding hydrogens is 1030 g/mol. The molecule has 3 fully saturated rings. The van der Waals surface area contributed by atoms with Crippen LogP contribution in [0.3, 0.4) is 0 Å². The third kappa shape index (κ3) is 19.5. The van der Waals surface area contributed by atoms with E-state index < -0.39 is 0 Å². The molecule has 13 nitrogen and oxygen atoms in total. The summed E-state index contributed by atoms with van der Waals surface area (Å²) in [5, 5.41) is 2.62. The Hall–Kier alpha value is -3.74. The van der Waals surface area contributed by atoms with Crippen molar-refractivity contribution in [1.82, 2.24) is 37.9 Å². The number of aryl methyl sites for hydroxylation is 3. The molecule has 4 aliphatic heterocycles. The first-order valence-electron chi connectivity index (χ1n) is 19.7. The van der Waals surface area contributed by atoms with Crippen molar-refractivity contribution >= 4 is 89.8 Å². The number of carbonyl (C=O) groups is 3. The minimum absolute atomic E-state index is 0. The molecule has 3 aromatic heterocycles. The summed E-state index contributed by atoms with van der Waals surface area (Å²) in [6.45, 7) is 6.64. The second kappa shape index (κ2) is 33.7. The number of imide groups is 1. The molecule has 2 aromatic carbocycles. The number of benzene rings is 2. The van der Waals surface area contributed by atoms with Gasteiger partial charge in [-0.25, -0.2) is 9.59 Å². The molecule has 0 spiro atoms. The summed E-state index contributed by atoms with van der Waals surface area (Å²) in [6, 6.07) is 22.0. The zero-order valence-electron chi connectivity index (χ0n) is 36.4. The summed E-state index contributed by atoms with van der Waals surface area (Å²) in [6.07, 6.45) is 14.1. The van der Waals surface area contributed by atoms with E-state index in [1.165, 1.54) is 90.0 Å². The normalized spacial score (nSPS) is 15.2. The molecular formula is C47H78IInN8O5S. The van der Waals surface area contributed by atoms with Crippen LogP contribution in [0, 0.1) is 0 Å². The number of likely N-dealkylation sites (tertiary alicyclic amines) is 1. The Balaban J connectivity index is -0.000000670. The molecule has 63 heavy (non-hydrogen) atoms. The van der Waals surface area contributed by atoms with E-state index in [1.54, 1.807) is 41.9 Å². The second-order valence-corrected chi connectivity index (χ2v) is 14.7. The molecule has 4 aliphatic rings. The van der Waals surface area contributed by atoms with Gasteiger partial charge in [0.1, 0.15) is 6.04 Å². The SMILES string of the molecule is C.C.C.C.CC.CN1C(=O)C2CSCN2C1=O.CN1C=CCC1=O.CN1CCCCC1.Cn1ccc(=O)n(C)c1=O.Cn1ccc2ccccc21.Cn1ccc2ccccc21.[InH2][I]. The van der Waals surface area contributed by atoms with Gasteiger partial charge in [-0.15, -0.1) is 11.8 Å². The zero-order chi connectivity index (χ0) is 44.1. The number of aromatic nitrogens is 4. The molecule has 1 atom stereocenters. The Morgan fingerprint density at radius 3 is 1.48 bits per heavy atom. The quantitative estimate of drug-likeness (QED) is 0.113. The molecule has 9 rings (SSSR count). The number of amides is 4.